The second kappa shape index (κ2) is 14.9. The van der Waals surface area contributed by atoms with Crippen LogP contribution in [0.5, 0.6) is 11.5 Å². The summed E-state index contributed by atoms with van der Waals surface area (Å²) < 4.78 is 0. The predicted molar refractivity (Wildman–Crippen MR) is 77.8 cm³/mol. The predicted octanol–water partition coefficient (Wildman–Crippen LogP) is 1.09. The molecule has 2 N–H and O–H groups in total. The second-order valence-corrected chi connectivity index (χ2v) is 3.67. The number of hydrogen-bond acceptors (Lipinski definition) is 2. The number of phenolic OH excluding ortho intramolecular Hbond substituents is 2. The van der Waals surface area contributed by atoms with Gasteiger partial charge >= 0.3 is 0 Å². The van der Waals surface area contributed by atoms with Crippen molar-refractivity contribution in [3.8, 4) is 11.5 Å². The van der Waals surface area contributed by atoms with Crippen molar-refractivity contribution in [1.29, 1.82) is 0 Å². The number of para-hydroxylation sites is 2. The van der Waals surface area contributed by atoms with Gasteiger partial charge in [-0.25, -0.2) is 12.2 Å². The molecule has 3 rings (SSSR count). The van der Waals surface area contributed by atoms with E-state index in [-0.39, 0.29) is 34.1 Å². The standard InChI is InChI=1S/2C6H6O.C5H5.ClH.Ti/c2*7-6-4-2-1-3-5-6;1-2-4-5-3-1;;/h2*1-5,7H;1-3H,4H2;1H;/q;;-1;;/p-1. The Morgan fingerprint density at radius 1 is 0.762 bits per heavy atom. The fraction of sp³-hybridized carbons (Fsp3) is 0.0588. The quantitative estimate of drug-likeness (QED) is 0.558. The molecule has 0 spiro atoms. The maximum absolute atomic E-state index is 8.63. The molecular weight excluding hydrogens is 320 g/mol. The van der Waals surface area contributed by atoms with Gasteiger partial charge in [0.25, 0.3) is 0 Å². The van der Waals surface area contributed by atoms with Crippen LogP contribution < -0.4 is 12.4 Å². The summed E-state index contributed by atoms with van der Waals surface area (Å²) in [5.74, 6) is 0.644. The van der Waals surface area contributed by atoms with Crippen LogP contribution in [0.4, 0.5) is 0 Å². The summed E-state index contributed by atoms with van der Waals surface area (Å²) in [4.78, 5) is 0. The number of benzene rings is 2. The molecule has 0 atom stereocenters. The van der Waals surface area contributed by atoms with E-state index in [0.717, 1.165) is 6.42 Å². The Morgan fingerprint density at radius 3 is 1.33 bits per heavy atom. The van der Waals surface area contributed by atoms with E-state index in [1.807, 2.05) is 24.3 Å². The summed E-state index contributed by atoms with van der Waals surface area (Å²) in [6, 6.07) is 17.4. The molecule has 0 heterocycles. The van der Waals surface area contributed by atoms with Gasteiger partial charge in [0.2, 0.25) is 0 Å². The molecule has 0 unspecified atom stereocenters. The maximum atomic E-state index is 8.63. The van der Waals surface area contributed by atoms with Crippen molar-refractivity contribution in [2.45, 2.75) is 6.42 Å². The summed E-state index contributed by atoms with van der Waals surface area (Å²) in [5.41, 5.74) is 0. The van der Waals surface area contributed by atoms with Crippen molar-refractivity contribution in [1.82, 2.24) is 0 Å². The molecule has 1 aliphatic carbocycles. The average Bonchev–Trinajstić information content (AvgIpc) is 3.00. The molecule has 0 fully saturated rings. The van der Waals surface area contributed by atoms with Crippen LogP contribution in [0.15, 0.2) is 78.9 Å². The van der Waals surface area contributed by atoms with Crippen LogP contribution in [0.1, 0.15) is 6.42 Å². The molecule has 0 amide bonds. The normalized spacial score (nSPS) is 9.90. The first-order valence-electron chi connectivity index (χ1n) is 5.99. The van der Waals surface area contributed by atoms with Gasteiger partial charge in [0.05, 0.1) is 0 Å². The average molecular weight is 337 g/mol. The van der Waals surface area contributed by atoms with Gasteiger partial charge in [-0.2, -0.15) is 6.08 Å². The number of aromatic hydroxyl groups is 2. The summed E-state index contributed by atoms with van der Waals surface area (Å²) in [5, 5.41) is 17.3. The molecule has 21 heavy (non-hydrogen) atoms. The molecular formula is C17H17ClO2Ti-2. The van der Waals surface area contributed by atoms with E-state index >= 15 is 0 Å². The van der Waals surface area contributed by atoms with Crippen molar-refractivity contribution in [2.75, 3.05) is 0 Å². The van der Waals surface area contributed by atoms with Crippen LogP contribution >= 0.6 is 0 Å². The number of allylic oxidation sites excluding steroid dienone is 4. The zero-order valence-corrected chi connectivity index (χ0v) is 13.8. The molecule has 110 valence electrons. The van der Waals surface area contributed by atoms with E-state index in [4.69, 9.17) is 10.2 Å². The first-order valence-corrected chi connectivity index (χ1v) is 5.99. The molecule has 2 nitrogen and oxygen atoms in total. The van der Waals surface area contributed by atoms with Crippen LogP contribution in [0.3, 0.4) is 0 Å². The Balaban J connectivity index is 0. The second-order valence-electron chi connectivity index (χ2n) is 3.67. The Kier molecular flexibility index (Phi) is 15.5. The molecule has 2 aromatic rings. The molecule has 0 radical (unpaired) electrons. The van der Waals surface area contributed by atoms with Crippen LogP contribution in [-0.2, 0) is 21.7 Å². The summed E-state index contributed by atoms with van der Waals surface area (Å²) in [7, 11) is 0. The topological polar surface area (TPSA) is 40.5 Å². The SMILES string of the molecule is Oc1ccccc1.Oc1ccccc1.[C-]1=CC=CC1.[Cl-].[Ti]. The maximum Gasteiger partial charge on any atom is 0.115 e. The molecule has 0 saturated heterocycles. The van der Waals surface area contributed by atoms with Gasteiger partial charge in [0.1, 0.15) is 11.5 Å². The van der Waals surface area contributed by atoms with Gasteiger partial charge in [0.15, 0.2) is 0 Å². The first-order chi connectivity index (χ1) is 9.29. The third-order valence-electron chi connectivity index (χ3n) is 2.10. The zero-order chi connectivity index (χ0) is 13.8. The molecule has 0 aliphatic heterocycles. The molecule has 2 aromatic carbocycles. The Hall–Kier alpha value is -1.48. The molecule has 0 saturated carbocycles. The van der Waals surface area contributed by atoms with Gasteiger partial charge in [-0.1, -0.05) is 36.4 Å². The van der Waals surface area contributed by atoms with Crippen LogP contribution in [0, 0.1) is 6.08 Å². The third kappa shape index (κ3) is 13.3. The van der Waals surface area contributed by atoms with E-state index in [0.29, 0.717) is 11.5 Å². The number of rotatable bonds is 0. The van der Waals surface area contributed by atoms with Crippen molar-refractivity contribution >= 4 is 0 Å². The van der Waals surface area contributed by atoms with Crippen LogP contribution in [-0.4, -0.2) is 10.2 Å². The largest absolute Gasteiger partial charge is 1.00 e. The monoisotopic (exact) mass is 336 g/mol. The van der Waals surface area contributed by atoms with E-state index in [1.54, 1.807) is 48.5 Å². The van der Waals surface area contributed by atoms with E-state index < -0.39 is 0 Å². The van der Waals surface area contributed by atoms with E-state index in [9.17, 15) is 0 Å². The molecule has 1 aliphatic rings. The zero-order valence-electron chi connectivity index (χ0n) is 11.5. The smallest absolute Gasteiger partial charge is 0.115 e. The van der Waals surface area contributed by atoms with E-state index in [1.165, 1.54) is 0 Å². The van der Waals surface area contributed by atoms with Crippen molar-refractivity contribution in [3.63, 3.8) is 0 Å². The number of hydrogen-bond donors (Lipinski definition) is 2. The summed E-state index contributed by atoms with van der Waals surface area (Å²) in [6.45, 7) is 0. The fourth-order valence-corrected chi connectivity index (χ4v) is 1.20. The van der Waals surface area contributed by atoms with Gasteiger partial charge in [-0.05, 0) is 24.3 Å². The number of phenols is 2. The summed E-state index contributed by atoms with van der Waals surface area (Å²) >= 11 is 0. The fourth-order valence-electron chi connectivity index (χ4n) is 1.20. The first kappa shape index (κ1) is 21.8. The van der Waals surface area contributed by atoms with Gasteiger partial charge in [0, 0.05) is 21.7 Å². The van der Waals surface area contributed by atoms with Gasteiger partial charge in [-0.15, -0.1) is 6.42 Å². The third-order valence-corrected chi connectivity index (χ3v) is 2.10. The minimum atomic E-state index is 0. The minimum absolute atomic E-state index is 0. The minimum Gasteiger partial charge on any atom is -1.00 e. The van der Waals surface area contributed by atoms with Crippen LogP contribution in [0.25, 0.3) is 0 Å². The van der Waals surface area contributed by atoms with Crippen molar-refractivity contribution < 1.29 is 44.3 Å². The molecule has 0 bridgehead atoms. The molecule has 4 heteroatoms. The van der Waals surface area contributed by atoms with Gasteiger partial charge in [-0.3, -0.25) is 6.08 Å². The molecule has 0 aromatic heterocycles. The van der Waals surface area contributed by atoms with Crippen LogP contribution in [0.2, 0.25) is 0 Å². The Morgan fingerprint density at radius 2 is 1.19 bits per heavy atom. The van der Waals surface area contributed by atoms with Crippen molar-refractivity contribution in [2.24, 2.45) is 0 Å². The van der Waals surface area contributed by atoms with Crippen molar-refractivity contribution in [3.05, 3.63) is 85.0 Å². The van der Waals surface area contributed by atoms with Gasteiger partial charge < -0.3 is 22.6 Å². The Labute approximate surface area is 147 Å². The number of halogens is 1. The summed E-state index contributed by atoms with van der Waals surface area (Å²) in [6.07, 6.45) is 10.0. The van der Waals surface area contributed by atoms with E-state index in [2.05, 4.69) is 12.2 Å². The Bertz CT molecular complexity index is 451.